The maximum atomic E-state index is 12.5. The summed E-state index contributed by atoms with van der Waals surface area (Å²) in [4.78, 5) is 7.37. The van der Waals surface area contributed by atoms with E-state index in [1.807, 2.05) is 28.7 Å². The van der Waals surface area contributed by atoms with Crippen molar-refractivity contribution < 1.29 is 9.13 Å². The van der Waals surface area contributed by atoms with Gasteiger partial charge in [-0.2, -0.15) is 0 Å². The summed E-state index contributed by atoms with van der Waals surface area (Å²) in [5.41, 5.74) is 0. The number of halogens is 5. The van der Waals surface area contributed by atoms with Crippen LogP contribution in [0.5, 0.6) is 5.75 Å². The summed E-state index contributed by atoms with van der Waals surface area (Å²) in [6, 6.07) is 3.40. The zero-order valence-corrected chi connectivity index (χ0v) is 15.3. The van der Waals surface area contributed by atoms with Gasteiger partial charge in [0.2, 0.25) is 0 Å². The van der Waals surface area contributed by atoms with Crippen molar-refractivity contribution in [3.05, 3.63) is 47.8 Å². The molecule has 0 unspecified atom stereocenters. The first kappa shape index (κ1) is 17.1. The number of hydrogen-bond acceptors (Lipinski definition) is 3. The van der Waals surface area contributed by atoms with Gasteiger partial charge in [-0.15, -0.1) is 0 Å². The van der Waals surface area contributed by atoms with Crippen molar-refractivity contribution >= 4 is 68.4 Å². The van der Waals surface area contributed by atoms with E-state index >= 15 is 0 Å². The molecule has 0 amide bonds. The Labute approximate surface area is 147 Å². The van der Waals surface area contributed by atoms with Gasteiger partial charge in [0.1, 0.15) is 0 Å². The SMILES string of the molecule is COc1c(I)ccnc1Cl.Fc1c(I)ccnc1Cl. The minimum atomic E-state index is -0.445. The predicted octanol–water partition coefficient (Wildman–Crippen LogP) is 4.83. The van der Waals surface area contributed by atoms with E-state index in [-0.39, 0.29) is 5.15 Å². The highest BCUT2D eigenvalue weighted by molar-refractivity contribution is 14.1. The zero-order chi connectivity index (χ0) is 14.4. The zero-order valence-electron chi connectivity index (χ0n) is 9.50. The molecule has 2 heterocycles. The fraction of sp³-hybridized carbons (Fsp3) is 0.0909. The molecule has 2 aromatic rings. The lowest BCUT2D eigenvalue weighted by molar-refractivity contribution is 0.410. The quantitative estimate of drug-likeness (QED) is 0.394. The minimum absolute atomic E-state index is 0.0677. The molecular weight excluding hydrogens is 520 g/mol. The Balaban J connectivity index is 0.000000191. The first-order chi connectivity index (χ1) is 8.97. The molecule has 0 fully saturated rings. The normalized spacial score (nSPS) is 9.58. The fourth-order valence-corrected chi connectivity index (χ4v) is 2.74. The van der Waals surface area contributed by atoms with E-state index in [9.17, 15) is 4.39 Å². The Morgan fingerprint density at radius 1 is 1.05 bits per heavy atom. The van der Waals surface area contributed by atoms with Gasteiger partial charge in [0.15, 0.2) is 21.9 Å². The number of hydrogen-bond donors (Lipinski definition) is 0. The van der Waals surface area contributed by atoms with Crippen LogP contribution >= 0.6 is 68.4 Å². The number of pyridine rings is 2. The van der Waals surface area contributed by atoms with Crippen molar-refractivity contribution in [3.63, 3.8) is 0 Å². The molecule has 0 aliphatic heterocycles. The predicted molar refractivity (Wildman–Crippen MR) is 90.4 cm³/mol. The molecule has 2 aromatic heterocycles. The number of nitrogens with zero attached hydrogens (tertiary/aromatic N) is 2. The second kappa shape index (κ2) is 8.38. The summed E-state index contributed by atoms with van der Waals surface area (Å²) >= 11 is 15.0. The molecule has 0 aliphatic carbocycles. The van der Waals surface area contributed by atoms with E-state index < -0.39 is 5.82 Å². The van der Waals surface area contributed by atoms with Crippen LogP contribution in [0.2, 0.25) is 10.3 Å². The third-order valence-electron chi connectivity index (χ3n) is 1.82. The molecule has 0 aromatic carbocycles. The molecule has 19 heavy (non-hydrogen) atoms. The second-order valence-electron chi connectivity index (χ2n) is 3.01. The van der Waals surface area contributed by atoms with Gasteiger partial charge < -0.3 is 4.74 Å². The van der Waals surface area contributed by atoms with E-state index in [0.717, 1.165) is 3.57 Å². The Hall–Kier alpha value is 0.0700. The third kappa shape index (κ3) is 5.16. The molecule has 0 atom stereocenters. The van der Waals surface area contributed by atoms with E-state index in [1.165, 1.54) is 6.20 Å². The highest BCUT2D eigenvalue weighted by Crippen LogP contribution is 2.26. The van der Waals surface area contributed by atoms with Crippen molar-refractivity contribution in [3.8, 4) is 5.75 Å². The minimum Gasteiger partial charge on any atom is -0.492 e. The van der Waals surface area contributed by atoms with Crippen LogP contribution in [0.4, 0.5) is 4.39 Å². The van der Waals surface area contributed by atoms with Crippen LogP contribution in [0.25, 0.3) is 0 Å². The van der Waals surface area contributed by atoms with Gasteiger partial charge in [0.05, 0.1) is 14.3 Å². The van der Waals surface area contributed by atoms with Crippen LogP contribution in [0.15, 0.2) is 24.5 Å². The maximum Gasteiger partial charge on any atom is 0.173 e. The van der Waals surface area contributed by atoms with Gasteiger partial charge in [-0.25, -0.2) is 14.4 Å². The molecule has 0 aliphatic rings. The third-order valence-corrected chi connectivity index (χ3v) is 4.03. The lowest BCUT2D eigenvalue weighted by atomic mass is 10.5. The Morgan fingerprint density at radius 2 is 1.58 bits per heavy atom. The van der Waals surface area contributed by atoms with Crippen molar-refractivity contribution in [1.29, 1.82) is 0 Å². The first-order valence-corrected chi connectivity index (χ1v) is 7.68. The van der Waals surface area contributed by atoms with E-state index in [4.69, 9.17) is 27.9 Å². The average molecular weight is 527 g/mol. The molecule has 0 radical (unpaired) electrons. The van der Waals surface area contributed by atoms with Crippen LogP contribution in [-0.4, -0.2) is 17.1 Å². The van der Waals surface area contributed by atoms with Crippen LogP contribution in [-0.2, 0) is 0 Å². The lowest BCUT2D eigenvalue weighted by Crippen LogP contribution is -1.89. The Bertz CT molecular complexity index is 532. The molecular formula is C11H7Cl2FI2N2O. The maximum absolute atomic E-state index is 12.5. The van der Waals surface area contributed by atoms with Gasteiger partial charge >= 0.3 is 0 Å². The average Bonchev–Trinajstić information content (AvgIpc) is 2.37. The number of aromatic nitrogens is 2. The number of ether oxygens (including phenoxy) is 1. The largest absolute Gasteiger partial charge is 0.492 e. The van der Waals surface area contributed by atoms with Crippen LogP contribution in [0.3, 0.4) is 0 Å². The van der Waals surface area contributed by atoms with E-state index in [0.29, 0.717) is 14.5 Å². The summed E-state index contributed by atoms with van der Waals surface area (Å²) in [6.07, 6.45) is 3.11. The molecule has 0 N–H and O–H groups in total. The summed E-state index contributed by atoms with van der Waals surface area (Å²) < 4.78 is 19.0. The topological polar surface area (TPSA) is 35.0 Å². The summed E-state index contributed by atoms with van der Waals surface area (Å²) in [6.45, 7) is 0. The van der Waals surface area contributed by atoms with Crippen molar-refractivity contribution in [2.75, 3.05) is 7.11 Å². The second-order valence-corrected chi connectivity index (χ2v) is 6.05. The molecule has 0 saturated heterocycles. The number of methoxy groups -OCH3 is 1. The molecule has 3 nitrogen and oxygen atoms in total. The molecule has 8 heteroatoms. The smallest absolute Gasteiger partial charge is 0.173 e. The highest BCUT2D eigenvalue weighted by Gasteiger charge is 2.04. The van der Waals surface area contributed by atoms with Gasteiger partial charge in [-0.3, -0.25) is 0 Å². The van der Waals surface area contributed by atoms with Gasteiger partial charge in [-0.05, 0) is 57.3 Å². The summed E-state index contributed by atoms with van der Waals surface area (Å²) in [7, 11) is 1.57. The van der Waals surface area contributed by atoms with E-state index in [1.54, 1.807) is 19.4 Å². The van der Waals surface area contributed by atoms with Gasteiger partial charge in [0.25, 0.3) is 0 Å². The standard InChI is InChI=1S/C6H5ClINO.C5H2ClFIN/c1-10-5-4(8)2-3-9-6(5)7;6-5-4(7)3(8)1-2-9-5/h2-3H,1H3;1-2H. The monoisotopic (exact) mass is 526 g/mol. The van der Waals surface area contributed by atoms with Crippen molar-refractivity contribution in [1.82, 2.24) is 9.97 Å². The molecule has 0 spiro atoms. The fourth-order valence-electron chi connectivity index (χ4n) is 0.979. The van der Waals surface area contributed by atoms with Crippen molar-refractivity contribution in [2.24, 2.45) is 0 Å². The van der Waals surface area contributed by atoms with Gasteiger partial charge in [0, 0.05) is 12.4 Å². The molecule has 0 saturated carbocycles. The first-order valence-electron chi connectivity index (χ1n) is 4.76. The molecule has 102 valence electrons. The van der Waals surface area contributed by atoms with Crippen molar-refractivity contribution in [2.45, 2.75) is 0 Å². The number of rotatable bonds is 1. The summed E-state index contributed by atoms with van der Waals surface area (Å²) in [5, 5.41) is 0.344. The highest BCUT2D eigenvalue weighted by atomic mass is 127. The van der Waals surface area contributed by atoms with E-state index in [2.05, 4.69) is 32.6 Å². The van der Waals surface area contributed by atoms with Gasteiger partial charge in [-0.1, -0.05) is 23.2 Å². The Kier molecular flexibility index (Phi) is 7.55. The molecule has 0 bridgehead atoms. The lowest BCUT2D eigenvalue weighted by Gasteiger charge is -2.02. The Morgan fingerprint density at radius 3 is 1.95 bits per heavy atom. The molecule has 2 rings (SSSR count). The van der Waals surface area contributed by atoms with Crippen LogP contribution < -0.4 is 4.74 Å². The summed E-state index contributed by atoms with van der Waals surface area (Å²) in [5.74, 6) is 0.199. The van der Waals surface area contributed by atoms with Crippen LogP contribution in [0.1, 0.15) is 0 Å². The van der Waals surface area contributed by atoms with Crippen LogP contribution in [0, 0.1) is 13.0 Å².